The Bertz CT molecular complexity index is 373. The van der Waals surface area contributed by atoms with Gasteiger partial charge < -0.3 is 15.3 Å². The molecule has 1 unspecified atom stereocenters. The number of aliphatic hydroxyl groups is 1. The smallest absolute Gasteiger partial charge is 0.326 e. The molecule has 1 atom stereocenters. The maximum absolute atomic E-state index is 11.6. The standard InChI is InChI=1S/C13H23N3O4/c1-10(5-7-17)8-14-11(18)4-3-6-16-12(19)9-15(2)13(16)20/h10,17H,3-9H2,1-2H3,(H,14,18). The average Bonchev–Trinajstić information content (AvgIpc) is 2.63. The zero-order chi connectivity index (χ0) is 15.1. The minimum atomic E-state index is -0.299. The van der Waals surface area contributed by atoms with Gasteiger partial charge in [0.05, 0.1) is 0 Å². The number of aliphatic hydroxyl groups excluding tert-OH is 1. The molecular formula is C13H23N3O4. The Kier molecular flexibility index (Phi) is 6.44. The van der Waals surface area contributed by atoms with E-state index in [0.717, 1.165) is 0 Å². The molecule has 0 radical (unpaired) electrons. The molecule has 0 bridgehead atoms. The molecule has 114 valence electrons. The molecule has 1 saturated heterocycles. The van der Waals surface area contributed by atoms with Crippen LogP contribution in [-0.2, 0) is 9.59 Å². The fourth-order valence-electron chi connectivity index (χ4n) is 1.99. The van der Waals surface area contributed by atoms with Gasteiger partial charge in [0.2, 0.25) is 11.8 Å². The topological polar surface area (TPSA) is 89.9 Å². The zero-order valence-corrected chi connectivity index (χ0v) is 12.1. The summed E-state index contributed by atoms with van der Waals surface area (Å²) in [5.41, 5.74) is 0. The van der Waals surface area contributed by atoms with E-state index in [1.165, 1.54) is 9.80 Å². The van der Waals surface area contributed by atoms with Crippen LogP contribution in [0.2, 0.25) is 0 Å². The van der Waals surface area contributed by atoms with Crippen molar-refractivity contribution in [1.82, 2.24) is 15.1 Å². The highest BCUT2D eigenvalue weighted by atomic mass is 16.3. The van der Waals surface area contributed by atoms with Crippen LogP contribution in [0.3, 0.4) is 0 Å². The largest absolute Gasteiger partial charge is 0.396 e. The molecule has 20 heavy (non-hydrogen) atoms. The summed E-state index contributed by atoms with van der Waals surface area (Å²) >= 11 is 0. The Morgan fingerprint density at radius 1 is 1.45 bits per heavy atom. The van der Waals surface area contributed by atoms with Crippen molar-refractivity contribution in [3.05, 3.63) is 0 Å². The molecule has 0 saturated carbocycles. The molecule has 7 heteroatoms. The van der Waals surface area contributed by atoms with Crippen molar-refractivity contribution in [2.75, 3.05) is 33.3 Å². The van der Waals surface area contributed by atoms with Crippen molar-refractivity contribution in [2.24, 2.45) is 5.92 Å². The Morgan fingerprint density at radius 3 is 2.70 bits per heavy atom. The molecule has 1 rings (SSSR count). The number of hydrogen-bond donors (Lipinski definition) is 2. The van der Waals surface area contributed by atoms with Gasteiger partial charge in [-0.15, -0.1) is 0 Å². The monoisotopic (exact) mass is 285 g/mol. The molecule has 1 fully saturated rings. The molecule has 1 aliphatic rings. The lowest BCUT2D eigenvalue weighted by molar-refractivity contribution is -0.126. The van der Waals surface area contributed by atoms with Gasteiger partial charge in [0.15, 0.2) is 0 Å². The fourth-order valence-corrected chi connectivity index (χ4v) is 1.99. The number of rotatable bonds is 8. The molecule has 1 heterocycles. The lowest BCUT2D eigenvalue weighted by Gasteiger charge is -2.14. The SMILES string of the molecule is CC(CCO)CNC(=O)CCCN1C(=O)CN(C)C1=O. The summed E-state index contributed by atoms with van der Waals surface area (Å²) in [6, 6.07) is -0.299. The van der Waals surface area contributed by atoms with Crippen molar-refractivity contribution in [1.29, 1.82) is 0 Å². The van der Waals surface area contributed by atoms with Crippen LogP contribution in [0.25, 0.3) is 0 Å². The lowest BCUT2D eigenvalue weighted by atomic mass is 10.1. The van der Waals surface area contributed by atoms with Crippen LogP contribution >= 0.6 is 0 Å². The molecule has 4 amide bonds. The summed E-state index contributed by atoms with van der Waals surface area (Å²) in [6.07, 6.45) is 1.40. The first-order valence-corrected chi connectivity index (χ1v) is 6.88. The maximum atomic E-state index is 11.6. The van der Waals surface area contributed by atoms with Gasteiger partial charge in [-0.05, 0) is 18.8 Å². The number of amides is 4. The highest BCUT2D eigenvalue weighted by molar-refractivity contribution is 6.01. The van der Waals surface area contributed by atoms with Crippen LogP contribution < -0.4 is 5.32 Å². The molecular weight excluding hydrogens is 262 g/mol. The number of nitrogens with zero attached hydrogens (tertiary/aromatic N) is 2. The van der Waals surface area contributed by atoms with Crippen molar-refractivity contribution in [2.45, 2.75) is 26.2 Å². The molecule has 0 aromatic heterocycles. The first-order valence-electron chi connectivity index (χ1n) is 6.88. The van der Waals surface area contributed by atoms with E-state index in [-0.39, 0.29) is 49.9 Å². The minimum absolute atomic E-state index is 0.0951. The highest BCUT2D eigenvalue weighted by Gasteiger charge is 2.32. The van der Waals surface area contributed by atoms with Gasteiger partial charge in [-0.1, -0.05) is 6.92 Å². The number of carbonyl (C=O) groups is 3. The predicted molar refractivity (Wildman–Crippen MR) is 72.8 cm³/mol. The molecule has 0 aliphatic carbocycles. The molecule has 2 N–H and O–H groups in total. The maximum Gasteiger partial charge on any atom is 0.326 e. The third-order valence-corrected chi connectivity index (χ3v) is 3.29. The van der Waals surface area contributed by atoms with E-state index in [1.807, 2.05) is 6.92 Å². The third-order valence-electron chi connectivity index (χ3n) is 3.29. The number of likely N-dealkylation sites (N-methyl/N-ethyl adjacent to an activating group) is 1. The second kappa shape index (κ2) is 7.84. The van der Waals surface area contributed by atoms with Gasteiger partial charge in [0.25, 0.3) is 0 Å². The molecule has 7 nitrogen and oxygen atoms in total. The molecule has 1 aliphatic heterocycles. The number of nitrogens with one attached hydrogen (secondary N) is 1. The van der Waals surface area contributed by atoms with Crippen LogP contribution in [0.1, 0.15) is 26.2 Å². The Morgan fingerprint density at radius 2 is 2.15 bits per heavy atom. The van der Waals surface area contributed by atoms with Crippen LogP contribution in [0.4, 0.5) is 4.79 Å². The molecule has 0 aromatic rings. The van der Waals surface area contributed by atoms with Crippen LogP contribution in [0, 0.1) is 5.92 Å². The van der Waals surface area contributed by atoms with Crippen molar-refractivity contribution >= 4 is 17.8 Å². The van der Waals surface area contributed by atoms with Crippen molar-refractivity contribution < 1.29 is 19.5 Å². The van der Waals surface area contributed by atoms with E-state index in [1.54, 1.807) is 7.05 Å². The van der Waals surface area contributed by atoms with Gasteiger partial charge in [0.1, 0.15) is 6.54 Å². The summed E-state index contributed by atoms with van der Waals surface area (Å²) in [6.45, 7) is 2.99. The van der Waals surface area contributed by atoms with Crippen LogP contribution in [0.5, 0.6) is 0 Å². The van der Waals surface area contributed by atoms with Gasteiger partial charge in [-0.2, -0.15) is 0 Å². The van der Waals surface area contributed by atoms with E-state index < -0.39 is 0 Å². The second-order valence-electron chi connectivity index (χ2n) is 5.21. The molecule has 0 aromatic carbocycles. The van der Waals surface area contributed by atoms with Gasteiger partial charge in [-0.25, -0.2) is 4.79 Å². The number of urea groups is 1. The summed E-state index contributed by atoms with van der Waals surface area (Å²) in [5.74, 6) is -0.0731. The summed E-state index contributed by atoms with van der Waals surface area (Å²) in [5, 5.41) is 11.5. The highest BCUT2D eigenvalue weighted by Crippen LogP contribution is 2.09. The summed E-state index contributed by atoms with van der Waals surface area (Å²) < 4.78 is 0. The van der Waals surface area contributed by atoms with Gasteiger partial charge in [-0.3, -0.25) is 14.5 Å². The van der Waals surface area contributed by atoms with Gasteiger partial charge in [0, 0.05) is 33.2 Å². The second-order valence-corrected chi connectivity index (χ2v) is 5.21. The van der Waals surface area contributed by atoms with Gasteiger partial charge >= 0.3 is 6.03 Å². The van der Waals surface area contributed by atoms with Crippen molar-refractivity contribution in [3.63, 3.8) is 0 Å². The number of carbonyl (C=O) groups excluding carboxylic acids is 3. The van der Waals surface area contributed by atoms with E-state index in [0.29, 0.717) is 19.4 Å². The van der Waals surface area contributed by atoms with E-state index >= 15 is 0 Å². The Labute approximate surface area is 118 Å². The number of imide groups is 1. The van der Waals surface area contributed by atoms with Crippen molar-refractivity contribution in [3.8, 4) is 0 Å². The molecule has 0 spiro atoms. The average molecular weight is 285 g/mol. The first-order chi connectivity index (χ1) is 9.45. The van der Waals surface area contributed by atoms with Crippen LogP contribution in [-0.4, -0.2) is 66.0 Å². The van der Waals surface area contributed by atoms with Crippen LogP contribution in [0.15, 0.2) is 0 Å². The van der Waals surface area contributed by atoms with E-state index in [9.17, 15) is 14.4 Å². The zero-order valence-electron chi connectivity index (χ0n) is 12.1. The van der Waals surface area contributed by atoms with E-state index in [4.69, 9.17) is 5.11 Å². The predicted octanol–water partition coefficient (Wildman–Crippen LogP) is -0.205. The minimum Gasteiger partial charge on any atom is -0.396 e. The summed E-state index contributed by atoms with van der Waals surface area (Å²) in [7, 11) is 1.58. The Balaban J connectivity index is 2.19. The quantitative estimate of drug-likeness (QED) is 0.604. The third kappa shape index (κ3) is 4.80. The summed E-state index contributed by atoms with van der Waals surface area (Å²) in [4.78, 5) is 37.2. The van der Waals surface area contributed by atoms with E-state index in [2.05, 4.69) is 5.32 Å². The Hall–Kier alpha value is -1.63. The number of hydrogen-bond acceptors (Lipinski definition) is 4. The normalized spacial score (nSPS) is 16.8. The fraction of sp³-hybridized carbons (Fsp3) is 0.769. The lowest BCUT2D eigenvalue weighted by Crippen LogP contribution is -2.34. The first kappa shape index (κ1) is 16.4.